The Bertz CT molecular complexity index is 1460. The summed E-state index contributed by atoms with van der Waals surface area (Å²) in [6, 6.07) is 28.8. The average molecular weight is 458 g/mol. The zero-order valence-corrected chi connectivity index (χ0v) is 18.4. The summed E-state index contributed by atoms with van der Waals surface area (Å²) in [4.78, 5) is 0. The topological polar surface area (TPSA) is 27.1 Å². The minimum absolute atomic E-state index is 0.0639. The third-order valence-electron chi connectivity index (χ3n) is 5.58. The summed E-state index contributed by atoms with van der Waals surface area (Å²) in [5.41, 5.74) is 2.54. The van der Waals surface area contributed by atoms with Gasteiger partial charge in [-0.3, -0.25) is 4.68 Å². The van der Waals surface area contributed by atoms with Crippen molar-refractivity contribution in [3.63, 3.8) is 0 Å². The van der Waals surface area contributed by atoms with E-state index in [1.165, 1.54) is 6.07 Å². The van der Waals surface area contributed by atoms with E-state index in [0.29, 0.717) is 29.1 Å². The van der Waals surface area contributed by atoms with E-state index in [-0.39, 0.29) is 5.52 Å². The highest BCUT2D eigenvalue weighted by molar-refractivity contribution is 5.95. The molecule has 5 aromatic rings. The first-order chi connectivity index (χ1) is 16.4. The molecule has 34 heavy (non-hydrogen) atoms. The molecule has 0 aliphatic heterocycles. The van der Waals surface area contributed by atoms with E-state index >= 15 is 0 Å². The standard InChI is InChI=1S/C28H21F3N2O/c1-19-8-5-12-22(16-19)34-23-13-6-11-21(17-23)27-24-14-7-15-25(28(29,30)31)26(24)32-33(27)18-20-9-3-2-4-10-20/h2-17H,18H2,1H3. The summed E-state index contributed by atoms with van der Waals surface area (Å²) in [6.45, 7) is 2.32. The Morgan fingerprint density at radius 1 is 0.794 bits per heavy atom. The Hall–Kier alpha value is -4.06. The number of halogens is 3. The minimum Gasteiger partial charge on any atom is -0.457 e. The van der Waals surface area contributed by atoms with Crippen LogP contribution in [0.25, 0.3) is 22.2 Å². The highest BCUT2D eigenvalue weighted by atomic mass is 19.4. The fraction of sp³-hybridized carbons (Fsp3) is 0.107. The van der Waals surface area contributed by atoms with Gasteiger partial charge in [0.1, 0.15) is 17.0 Å². The molecule has 0 amide bonds. The number of aromatic nitrogens is 2. The fourth-order valence-electron chi connectivity index (χ4n) is 4.08. The highest BCUT2D eigenvalue weighted by Gasteiger charge is 2.34. The van der Waals surface area contributed by atoms with Crippen LogP contribution < -0.4 is 4.74 Å². The molecule has 0 bridgehead atoms. The van der Waals surface area contributed by atoms with Crippen molar-refractivity contribution < 1.29 is 17.9 Å². The fourth-order valence-corrected chi connectivity index (χ4v) is 4.08. The van der Waals surface area contributed by atoms with Gasteiger partial charge in [0.2, 0.25) is 0 Å². The number of hydrogen-bond acceptors (Lipinski definition) is 2. The minimum atomic E-state index is -4.50. The van der Waals surface area contributed by atoms with E-state index in [9.17, 15) is 13.2 Å². The number of fused-ring (bicyclic) bond motifs is 1. The lowest BCUT2D eigenvalue weighted by Gasteiger charge is -2.11. The first-order valence-corrected chi connectivity index (χ1v) is 10.8. The Labute approximate surface area is 195 Å². The lowest BCUT2D eigenvalue weighted by molar-refractivity contribution is -0.136. The smallest absolute Gasteiger partial charge is 0.418 e. The van der Waals surface area contributed by atoms with Crippen LogP contribution >= 0.6 is 0 Å². The molecule has 0 saturated carbocycles. The van der Waals surface area contributed by atoms with Crippen LogP contribution in [0.2, 0.25) is 0 Å². The predicted octanol–water partition coefficient (Wildman–Crippen LogP) is 7.87. The Morgan fingerprint density at radius 2 is 1.50 bits per heavy atom. The van der Waals surface area contributed by atoms with Gasteiger partial charge in [0.15, 0.2) is 0 Å². The van der Waals surface area contributed by atoms with Crippen LogP contribution in [-0.2, 0) is 12.7 Å². The van der Waals surface area contributed by atoms with Crippen molar-refractivity contribution >= 4 is 10.9 Å². The maximum Gasteiger partial charge on any atom is 0.418 e. The van der Waals surface area contributed by atoms with Crippen LogP contribution in [0.4, 0.5) is 13.2 Å². The third-order valence-corrected chi connectivity index (χ3v) is 5.58. The molecule has 5 rings (SSSR count). The van der Waals surface area contributed by atoms with E-state index in [2.05, 4.69) is 5.10 Å². The maximum atomic E-state index is 13.8. The number of alkyl halides is 3. The Morgan fingerprint density at radius 3 is 2.24 bits per heavy atom. The van der Waals surface area contributed by atoms with Gasteiger partial charge in [0.25, 0.3) is 0 Å². The lowest BCUT2D eigenvalue weighted by Crippen LogP contribution is -2.06. The molecule has 1 aromatic heterocycles. The van der Waals surface area contributed by atoms with Crippen molar-refractivity contribution in [2.45, 2.75) is 19.6 Å². The first-order valence-electron chi connectivity index (χ1n) is 10.8. The maximum absolute atomic E-state index is 13.8. The van der Waals surface area contributed by atoms with Gasteiger partial charge in [-0.2, -0.15) is 18.3 Å². The molecule has 0 aliphatic carbocycles. The number of nitrogens with zero attached hydrogens (tertiary/aromatic N) is 2. The number of hydrogen-bond donors (Lipinski definition) is 0. The summed E-state index contributed by atoms with van der Waals surface area (Å²) in [5, 5.41) is 4.87. The van der Waals surface area contributed by atoms with Gasteiger partial charge >= 0.3 is 6.18 Å². The molecule has 0 spiro atoms. The van der Waals surface area contributed by atoms with Crippen molar-refractivity contribution in [3.05, 3.63) is 114 Å². The number of ether oxygens (including phenoxy) is 1. The molecule has 1 heterocycles. The van der Waals surface area contributed by atoms with E-state index in [1.807, 2.05) is 85.8 Å². The van der Waals surface area contributed by atoms with Crippen LogP contribution in [0.15, 0.2) is 97.1 Å². The van der Waals surface area contributed by atoms with Crippen LogP contribution in [0.1, 0.15) is 16.7 Å². The molecule has 0 radical (unpaired) electrons. The molecule has 0 aliphatic rings. The quantitative estimate of drug-likeness (QED) is 0.268. The normalized spacial score (nSPS) is 11.6. The molecule has 6 heteroatoms. The first kappa shape index (κ1) is 21.8. The average Bonchev–Trinajstić information content (AvgIpc) is 3.17. The second-order valence-electron chi connectivity index (χ2n) is 8.14. The lowest BCUT2D eigenvalue weighted by atomic mass is 10.0. The van der Waals surface area contributed by atoms with Crippen molar-refractivity contribution in [2.75, 3.05) is 0 Å². The number of rotatable bonds is 5. The molecule has 4 aromatic carbocycles. The Kier molecular flexibility index (Phi) is 5.57. The van der Waals surface area contributed by atoms with Gasteiger partial charge < -0.3 is 4.74 Å². The highest BCUT2D eigenvalue weighted by Crippen LogP contribution is 2.39. The van der Waals surface area contributed by atoms with Crippen LogP contribution in [0.5, 0.6) is 11.5 Å². The van der Waals surface area contributed by atoms with Gasteiger partial charge in [0.05, 0.1) is 17.8 Å². The molecule has 0 N–H and O–H groups in total. The van der Waals surface area contributed by atoms with E-state index in [0.717, 1.165) is 22.8 Å². The van der Waals surface area contributed by atoms with Crippen molar-refractivity contribution in [1.29, 1.82) is 0 Å². The van der Waals surface area contributed by atoms with Crippen LogP contribution in [-0.4, -0.2) is 9.78 Å². The molecular formula is C28H21F3N2O. The third kappa shape index (κ3) is 4.39. The zero-order chi connectivity index (χ0) is 23.7. The predicted molar refractivity (Wildman–Crippen MR) is 127 cm³/mol. The summed E-state index contributed by atoms with van der Waals surface area (Å²) in [5.74, 6) is 1.29. The second-order valence-corrected chi connectivity index (χ2v) is 8.14. The summed E-state index contributed by atoms with van der Waals surface area (Å²) >= 11 is 0. The van der Waals surface area contributed by atoms with Crippen molar-refractivity contribution in [1.82, 2.24) is 9.78 Å². The van der Waals surface area contributed by atoms with Gasteiger partial charge in [-0.1, -0.05) is 66.7 Å². The molecule has 0 saturated heterocycles. The van der Waals surface area contributed by atoms with Gasteiger partial charge in [0, 0.05) is 10.9 Å². The molecule has 170 valence electrons. The van der Waals surface area contributed by atoms with Crippen molar-refractivity contribution in [2.24, 2.45) is 0 Å². The van der Waals surface area contributed by atoms with Crippen molar-refractivity contribution in [3.8, 4) is 22.8 Å². The van der Waals surface area contributed by atoms with Gasteiger partial charge in [-0.25, -0.2) is 0 Å². The zero-order valence-electron chi connectivity index (χ0n) is 18.4. The molecule has 3 nitrogen and oxygen atoms in total. The molecule has 0 unspecified atom stereocenters. The Balaban J connectivity index is 1.65. The largest absolute Gasteiger partial charge is 0.457 e. The second kappa shape index (κ2) is 8.71. The SMILES string of the molecule is Cc1cccc(Oc2cccc(-c3c4cccc(C(F)(F)F)c4nn3Cc3ccccc3)c2)c1. The number of benzene rings is 4. The molecule has 0 fully saturated rings. The van der Waals surface area contributed by atoms with Crippen LogP contribution in [0.3, 0.4) is 0 Å². The summed E-state index contributed by atoms with van der Waals surface area (Å²) in [7, 11) is 0. The van der Waals surface area contributed by atoms with Gasteiger partial charge in [-0.15, -0.1) is 0 Å². The molecule has 0 atom stereocenters. The number of aryl methyl sites for hydroxylation is 1. The summed E-state index contributed by atoms with van der Waals surface area (Å²) in [6.07, 6.45) is -4.50. The monoisotopic (exact) mass is 458 g/mol. The van der Waals surface area contributed by atoms with E-state index in [4.69, 9.17) is 4.74 Å². The summed E-state index contributed by atoms with van der Waals surface area (Å²) < 4.78 is 48.9. The molecular weight excluding hydrogens is 437 g/mol. The van der Waals surface area contributed by atoms with Gasteiger partial charge in [-0.05, 0) is 48.4 Å². The van der Waals surface area contributed by atoms with E-state index in [1.54, 1.807) is 10.7 Å². The van der Waals surface area contributed by atoms with E-state index < -0.39 is 11.7 Å². The van der Waals surface area contributed by atoms with Crippen LogP contribution in [0, 0.1) is 6.92 Å².